The number of hydrogen-bond acceptors (Lipinski definition) is 2. The summed E-state index contributed by atoms with van der Waals surface area (Å²) in [6.07, 6.45) is 3.62. The van der Waals surface area contributed by atoms with Gasteiger partial charge in [0.15, 0.2) is 0 Å². The third-order valence-corrected chi connectivity index (χ3v) is 3.11. The topological polar surface area (TPSA) is 54.4 Å². The van der Waals surface area contributed by atoms with Crippen LogP contribution in [0, 0.1) is 0 Å². The number of benzene rings is 1. The van der Waals surface area contributed by atoms with Gasteiger partial charge in [-0.1, -0.05) is 18.6 Å². The maximum Gasteiger partial charge on any atom is 0.335 e. The van der Waals surface area contributed by atoms with E-state index in [2.05, 4.69) is 0 Å². The molecule has 0 heterocycles. The van der Waals surface area contributed by atoms with Gasteiger partial charge in [0, 0.05) is 12.3 Å². The Labute approximate surface area is 94.1 Å². The molecule has 2 rings (SSSR count). The van der Waals surface area contributed by atoms with Crippen molar-refractivity contribution in [1.82, 2.24) is 0 Å². The van der Waals surface area contributed by atoms with E-state index in [-0.39, 0.29) is 17.3 Å². The van der Waals surface area contributed by atoms with E-state index >= 15 is 0 Å². The van der Waals surface area contributed by atoms with E-state index in [1.54, 1.807) is 24.3 Å². The van der Waals surface area contributed by atoms with Crippen molar-refractivity contribution in [3.05, 3.63) is 35.4 Å². The van der Waals surface area contributed by atoms with Gasteiger partial charge >= 0.3 is 5.97 Å². The number of Topliss-reactive ketones (excluding diaryl/α,β-unsaturated/α-hetero) is 1. The fraction of sp³-hybridized carbons (Fsp3) is 0.385. The average Bonchev–Trinajstić information content (AvgIpc) is 2.30. The molecule has 0 saturated heterocycles. The van der Waals surface area contributed by atoms with Gasteiger partial charge in [-0.25, -0.2) is 4.79 Å². The first kappa shape index (κ1) is 10.9. The molecule has 84 valence electrons. The molecule has 1 aromatic rings. The van der Waals surface area contributed by atoms with E-state index in [1.165, 1.54) is 0 Å². The molecule has 0 bridgehead atoms. The summed E-state index contributed by atoms with van der Waals surface area (Å²) in [4.78, 5) is 22.4. The van der Waals surface area contributed by atoms with Gasteiger partial charge in [0.05, 0.1) is 5.56 Å². The summed E-state index contributed by atoms with van der Waals surface area (Å²) < 4.78 is 0. The largest absolute Gasteiger partial charge is 0.478 e. The first-order valence-electron chi connectivity index (χ1n) is 5.54. The lowest BCUT2D eigenvalue weighted by atomic mass is 9.83. The Morgan fingerprint density at radius 1 is 1.19 bits per heavy atom. The predicted octanol–water partition coefficient (Wildman–Crippen LogP) is 2.61. The summed E-state index contributed by atoms with van der Waals surface area (Å²) >= 11 is 0. The summed E-state index contributed by atoms with van der Waals surface area (Å²) in [5.74, 6) is -0.660. The van der Waals surface area contributed by atoms with Gasteiger partial charge in [0.2, 0.25) is 0 Å². The first-order chi connectivity index (χ1) is 7.68. The molecular weight excluding hydrogens is 204 g/mol. The van der Waals surface area contributed by atoms with Gasteiger partial charge in [-0.3, -0.25) is 4.79 Å². The third-order valence-electron chi connectivity index (χ3n) is 3.11. The number of rotatable bonds is 2. The summed E-state index contributed by atoms with van der Waals surface area (Å²) in [5.41, 5.74) is 1.22. The van der Waals surface area contributed by atoms with E-state index in [4.69, 9.17) is 5.11 Å². The van der Waals surface area contributed by atoms with Crippen LogP contribution in [0.15, 0.2) is 24.3 Å². The minimum Gasteiger partial charge on any atom is -0.478 e. The fourth-order valence-corrected chi connectivity index (χ4v) is 2.19. The van der Waals surface area contributed by atoms with Crippen molar-refractivity contribution in [2.45, 2.75) is 31.6 Å². The van der Waals surface area contributed by atoms with Gasteiger partial charge in [-0.05, 0) is 30.5 Å². The highest BCUT2D eigenvalue weighted by molar-refractivity contribution is 5.89. The number of hydrogen-bond donors (Lipinski definition) is 1. The number of carboxylic acid groups (broad SMARTS) is 1. The second kappa shape index (κ2) is 4.47. The van der Waals surface area contributed by atoms with E-state index < -0.39 is 5.97 Å². The SMILES string of the molecule is O=C(O)c1ccc(C2CCCCC2=O)cc1. The highest BCUT2D eigenvalue weighted by atomic mass is 16.4. The zero-order valence-corrected chi connectivity index (χ0v) is 8.98. The van der Waals surface area contributed by atoms with Crippen LogP contribution in [0.25, 0.3) is 0 Å². The van der Waals surface area contributed by atoms with E-state index in [1.807, 2.05) is 0 Å². The monoisotopic (exact) mass is 218 g/mol. The van der Waals surface area contributed by atoms with Crippen LogP contribution in [0.3, 0.4) is 0 Å². The minimum absolute atomic E-state index is 0.0170. The lowest BCUT2D eigenvalue weighted by Crippen LogP contribution is -2.17. The molecule has 0 spiro atoms. The van der Waals surface area contributed by atoms with Crippen LogP contribution in [-0.4, -0.2) is 16.9 Å². The Morgan fingerprint density at radius 3 is 2.44 bits per heavy atom. The summed E-state index contributed by atoms with van der Waals surface area (Å²) in [6, 6.07) is 6.66. The van der Waals surface area contributed by atoms with Crippen molar-refractivity contribution in [3.8, 4) is 0 Å². The maximum absolute atomic E-state index is 11.7. The summed E-state index contributed by atoms with van der Waals surface area (Å²) in [6.45, 7) is 0. The smallest absolute Gasteiger partial charge is 0.335 e. The fourth-order valence-electron chi connectivity index (χ4n) is 2.19. The molecule has 0 aromatic heterocycles. The number of carboxylic acids is 1. The lowest BCUT2D eigenvalue weighted by Gasteiger charge is -2.20. The van der Waals surface area contributed by atoms with Gasteiger partial charge in [-0.2, -0.15) is 0 Å². The van der Waals surface area contributed by atoms with Crippen molar-refractivity contribution in [3.63, 3.8) is 0 Å². The Morgan fingerprint density at radius 2 is 1.88 bits per heavy atom. The zero-order chi connectivity index (χ0) is 11.5. The quantitative estimate of drug-likeness (QED) is 0.830. The number of ketones is 1. The first-order valence-corrected chi connectivity index (χ1v) is 5.54. The Kier molecular flexibility index (Phi) is 3.04. The van der Waals surface area contributed by atoms with E-state index in [9.17, 15) is 9.59 Å². The van der Waals surface area contributed by atoms with E-state index in [0.29, 0.717) is 6.42 Å². The molecule has 0 aliphatic heterocycles. The number of aromatic carboxylic acids is 1. The molecule has 1 aliphatic rings. The van der Waals surface area contributed by atoms with Crippen molar-refractivity contribution in [2.24, 2.45) is 0 Å². The molecule has 1 saturated carbocycles. The molecule has 0 amide bonds. The average molecular weight is 218 g/mol. The zero-order valence-electron chi connectivity index (χ0n) is 8.98. The van der Waals surface area contributed by atoms with Crippen LogP contribution in [0.1, 0.15) is 47.5 Å². The molecular formula is C13H14O3. The van der Waals surface area contributed by atoms with Crippen LogP contribution in [0.2, 0.25) is 0 Å². The molecule has 0 radical (unpaired) electrons. The Hall–Kier alpha value is -1.64. The highest BCUT2D eigenvalue weighted by Crippen LogP contribution is 2.29. The number of carbonyl (C=O) groups excluding carboxylic acids is 1. The maximum atomic E-state index is 11.7. The molecule has 1 unspecified atom stereocenters. The summed E-state index contributed by atoms with van der Waals surface area (Å²) in [7, 11) is 0. The van der Waals surface area contributed by atoms with Gasteiger partial charge in [0.1, 0.15) is 5.78 Å². The van der Waals surface area contributed by atoms with Crippen LogP contribution in [0.5, 0.6) is 0 Å². The normalized spacial score (nSPS) is 20.8. The molecule has 1 aliphatic carbocycles. The molecule has 3 nitrogen and oxygen atoms in total. The molecule has 1 fully saturated rings. The summed E-state index contributed by atoms with van der Waals surface area (Å²) in [5, 5.41) is 8.77. The Balaban J connectivity index is 2.20. The second-order valence-corrected chi connectivity index (χ2v) is 4.19. The Bertz CT molecular complexity index is 406. The van der Waals surface area contributed by atoms with Gasteiger partial charge < -0.3 is 5.11 Å². The second-order valence-electron chi connectivity index (χ2n) is 4.19. The number of carbonyl (C=O) groups is 2. The molecule has 1 atom stereocenters. The molecule has 3 heteroatoms. The third kappa shape index (κ3) is 2.13. The van der Waals surface area contributed by atoms with Crippen LogP contribution >= 0.6 is 0 Å². The van der Waals surface area contributed by atoms with Crippen molar-refractivity contribution in [2.75, 3.05) is 0 Å². The van der Waals surface area contributed by atoms with Gasteiger partial charge in [-0.15, -0.1) is 0 Å². The molecule has 1 aromatic carbocycles. The van der Waals surface area contributed by atoms with Crippen LogP contribution in [0.4, 0.5) is 0 Å². The van der Waals surface area contributed by atoms with Crippen molar-refractivity contribution >= 4 is 11.8 Å². The van der Waals surface area contributed by atoms with Crippen LogP contribution < -0.4 is 0 Å². The lowest BCUT2D eigenvalue weighted by molar-refractivity contribution is -0.121. The van der Waals surface area contributed by atoms with Crippen molar-refractivity contribution in [1.29, 1.82) is 0 Å². The van der Waals surface area contributed by atoms with Crippen LogP contribution in [-0.2, 0) is 4.79 Å². The highest BCUT2D eigenvalue weighted by Gasteiger charge is 2.23. The molecule has 16 heavy (non-hydrogen) atoms. The van der Waals surface area contributed by atoms with E-state index in [0.717, 1.165) is 24.8 Å². The molecule has 1 N–H and O–H groups in total. The predicted molar refractivity (Wildman–Crippen MR) is 59.6 cm³/mol. The van der Waals surface area contributed by atoms with Crippen molar-refractivity contribution < 1.29 is 14.7 Å². The standard InChI is InChI=1S/C13H14O3/c14-12-4-2-1-3-11(12)9-5-7-10(8-6-9)13(15)16/h5-8,11H,1-4H2,(H,15,16). The minimum atomic E-state index is -0.929. The van der Waals surface area contributed by atoms with Gasteiger partial charge in [0.25, 0.3) is 0 Å².